The Morgan fingerprint density at radius 3 is 2.54 bits per heavy atom. The van der Waals surface area contributed by atoms with Crippen LogP contribution in [0.5, 0.6) is 11.5 Å². The zero-order valence-corrected chi connectivity index (χ0v) is 19.3. The molecular formula is C27H23FN4O3. The monoisotopic (exact) mass is 470 g/mol. The molecule has 0 saturated carbocycles. The lowest BCUT2D eigenvalue weighted by Gasteiger charge is -2.20. The minimum atomic E-state index is -0.577. The molecule has 7 nitrogen and oxygen atoms in total. The van der Waals surface area contributed by atoms with E-state index in [1.807, 2.05) is 24.3 Å². The average Bonchev–Trinajstić information content (AvgIpc) is 3.43. The number of nitrogens with zero attached hydrogens (tertiary/aromatic N) is 3. The van der Waals surface area contributed by atoms with Crippen LogP contribution in [0.2, 0.25) is 0 Å². The molecule has 0 spiro atoms. The van der Waals surface area contributed by atoms with Crippen molar-refractivity contribution in [3.63, 3.8) is 0 Å². The molecule has 4 aromatic rings. The standard InChI is InChI=1S/C27H23FN4O3/c1-34-19-8-5-17(6-9-19)20-12-16(15-29)13-21-25(20)31-26(23-4-3-11-30-23)32(27(21)33)18-7-10-24(35-2)22(28)14-18/h5-10,12-14,23,30H,3-4,11H2,1-2H3. The van der Waals surface area contributed by atoms with Crippen molar-refractivity contribution in [3.05, 3.63) is 82.2 Å². The number of hydrogen-bond acceptors (Lipinski definition) is 6. The van der Waals surface area contributed by atoms with Gasteiger partial charge in [-0.2, -0.15) is 5.26 Å². The minimum Gasteiger partial charge on any atom is -0.497 e. The minimum absolute atomic E-state index is 0.0876. The molecule has 176 valence electrons. The summed E-state index contributed by atoms with van der Waals surface area (Å²) < 4.78 is 26.4. The van der Waals surface area contributed by atoms with Crippen LogP contribution in [0.3, 0.4) is 0 Å². The zero-order chi connectivity index (χ0) is 24.5. The van der Waals surface area contributed by atoms with E-state index in [0.29, 0.717) is 33.9 Å². The molecule has 1 saturated heterocycles. The summed E-state index contributed by atoms with van der Waals surface area (Å²) in [5, 5.41) is 13.4. The molecule has 0 radical (unpaired) electrons. The molecule has 1 aliphatic heterocycles. The van der Waals surface area contributed by atoms with Crippen LogP contribution in [-0.4, -0.2) is 30.3 Å². The van der Waals surface area contributed by atoms with E-state index >= 15 is 0 Å². The van der Waals surface area contributed by atoms with Crippen LogP contribution in [0.25, 0.3) is 27.7 Å². The Kier molecular flexibility index (Phi) is 5.93. The molecule has 8 heteroatoms. The first-order chi connectivity index (χ1) is 17.0. The molecule has 1 unspecified atom stereocenters. The maximum Gasteiger partial charge on any atom is 0.266 e. The van der Waals surface area contributed by atoms with E-state index in [-0.39, 0.29) is 22.7 Å². The van der Waals surface area contributed by atoms with Crippen molar-refractivity contribution in [1.82, 2.24) is 14.9 Å². The molecule has 1 fully saturated rings. The maximum absolute atomic E-state index is 14.6. The highest BCUT2D eigenvalue weighted by molar-refractivity contribution is 5.94. The van der Waals surface area contributed by atoms with Crippen LogP contribution in [0.1, 0.15) is 30.3 Å². The second-order valence-corrected chi connectivity index (χ2v) is 8.34. The first-order valence-electron chi connectivity index (χ1n) is 11.3. The summed E-state index contributed by atoms with van der Waals surface area (Å²) in [4.78, 5) is 18.9. The Balaban J connectivity index is 1.83. The number of rotatable bonds is 5. The highest BCUT2D eigenvalue weighted by Crippen LogP contribution is 2.32. The highest BCUT2D eigenvalue weighted by atomic mass is 19.1. The summed E-state index contributed by atoms with van der Waals surface area (Å²) in [5.74, 6) is 0.711. The van der Waals surface area contributed by atoms with Gasteiger partial charge in [0.1, 0.15) is 11.6 Å². The van der Waals surface area contributed by atoms with Gasteiger partial charge in [-0.05, 0) is 61.3 Å². The van der Waals surface area contributed by atoms with Crippen molar-refractivity contribution in [2.45, 2.75) is 18.9 Å². The Labute approximate surface area is 201 Å². The van der Waals surface area contributed by atoms with Gasteiger partial charge in [0.25, 0.3) is 5.56 Å². The first-order valence-corrected chi connectivity index (χ1v) is 11.3. The topological polar surface area (TPSA) is 89.2 Å². The molecule has 35 heavy (non-hydrogen) atoms. The van der Waals surface area contributed by atoms with Crippen molar-refractivity contribution in [2.75, 3.05) is 20.8 Å². The summed E-state index contributed by atoms with van der Waals surface area (Å²) in [7, 11) is 2.98. The molecule has 5 rings (SSSR count). The fourth-order valence-corrected chi connectivity index (χ4v) is 4.54. The predicted molar refractivity (Wildman–Crippen MR) is 131 cm³/mol. The average molecular weight is 471 g/mol. The van der Waals surface area contributed by atoms with Gasteiger partial charge in [0.15, 0.2) is 11.6 Å². The number of ether oxygens (including phenoxy) is 2. The van der Waals surface area contributed by atoms with Crippen molar-refractivity contribution in [1.29, 1.82) is 5.26 Å². The summed E-state index contributed by atoms with van der Waals surface area (Å²) in [5.41, 5.74) is 2.29. The van der Waals surface area contributed by atoms with E-state index in [1.54, 1.807) is 25.3 Å². The fourth-order valence-electron chi connectivity index (χ4n) is 4.54. The van der Waals surface area contributed by atoms with Gasteiger partial charge in [-0.1, -0.05) is 12.1 Å². The lowest BCUT2D eigenvalue weighted by Crippen LogP contribution is -2.29. The van der Waals surface area contributed by atoms with Crippen molar-refractivity contribution in [3.8, 4) is 34.4 Å². The molecule has 1 aliphatic rings. The lowest BCUT2D eigenvalue weighted by molar-refractivity contribution is 0.386. The number of nitrogens with one attached hydrogen (secondary N) is 1. The van der Waals surface area contributed by atoms with Crippen LogP contribution in [-0.2, 0) is 0 Å². The predicted octanol–water partition coefficient (Wildman–Crippen LogP) is 4.51. The van der Waals surface area contributed by atoms with Gasteiger partial charge in [-0.15, -0.1) is 0 Å². The van der Waals surface area contributed by atoms with Crippen LogP contribution >= 0.6 is 0 Å². The van der Waals surface area contributed by atoms with Gasteiger partial charge in [0.05, 0.1) is 48.5 Å². The van der Waals surface area contributed by atoms with E-state index in [1.165, 1.54) is 23.8 Å². The smallest absolute Gasteiger partial charge is 0.266 e. The Morgan fingerprint density at radius 1 is 1.11 bits per heavy atom. The fraction of sp³-hybridized carbons (Fsp3) is 0.222. The third-order valence-electron chi connectivity index (χ3n) is 6.29. The molecule has 1 N–H and O–H groups in total. The molecule has 1 aromatic heterocycles. The maximum atomic E-state index is 14.6. The Hall–Kier alpha value is -4.22. The SMILES string of the molecule is COc1ccc(-c2cc(C#N)cc3c(=O)n(-c4ccc(OC)c(F)c4)c(C4CCCN4)nc23)cc1. The molecule has 3 aromatic carbocycles. The van der Waals surface area contributed by atoms with Crippen LogP contribution in [0.15, 0.2) is 59.4 Å². The van der Waals surface area contributed by atoms with Gasteiger partial charge < -0.3 is 14.8 Å². The number of methoxy groups -OCH3 is 2. The highest BCUT2D eigenvalue weighted by Gasteiger charge is 2.25. The van der Waals surface area contributed by atoms with Gasteiger partial charge >= 0.3 is 0 Å². The van der Waals surface area contributed by atoms with E-state index in [2.05, 4.69) is 11.4 Å². The van der Waals surface area contributed by atoms with Crippen molar-refractivity contribution >= 4 is 10.9 Å². The van der Waals surface area contributed by atoms with Crippen molar-refractivity contribution in [2.24, 2.45) is 0 Å². The van der Waals surface area contributed by atoms with Gasteiger partial charge in [-0.3, -0.25) is 9.36 Å². The van der Waals surface area contributed by atoms with Crippen LogP contribution in [0, 0.1) is 17.1 Å². The summed E-state index contributed by atoms with van der Waals surface area (Å²) in [6, 6.07) is 17.0. The summed E-state index contributed by atoms with van der Waals surface area (Å²) >= 11 is 0. The normalized spacial score (nSPS) is 15.2. The molecule has 2 heterocycles. The zero-order valence-electron chi connectivity index (χ0n) is 19.3. The molecule has 0 amide bonds. The molecular weight excluding hydrogens is 447 g/mol. The second kappa shape index (κ2) is 9.20. The van der Waals surface area contributed by atoms with Gasteiger partial charge in [0.2, 0.25) is 0 Å². The number of aromatic nitrogens is 2. The number of benzene rings is 3. The van der Waals surface area contributed by atoms with E-state index < -0.39 is 5.82 Å². The second-order valence-electron chi connectivity index (χ2n) is 8.34. The molecule has 0 bridgehead atoms. The van der Waals surface area contributed by atoms with Gasteiger partial charge in [0, 0.05) is 11.6 Å². The van der Waals surface area contributed by atoms with E-state index in [9.17, 15) is 14.4 Å². The Morgan fingerprint density at radius 2 is 1.91 bits per heavy atom. The third kappa shape index (κ3) is 4.00. The lowest BCUT2D eigenvalue weighted by atomic mass is 9.99. The van der Waals surface area contributed by atoms with Crippen molar-refractivity contribution < 1.29 is 13.9 Å². The number of hydrogen-bond donors (Lipinski definition) is 1. The summed E-state index contributed by atoms with van der Waals surface area (Å²) in [6.45, 7) is 0.800. The number of fused-ring (bicyclic) bond motifs is 1. The van der Waals surface area contributed by atoms with E-state index in [0.717, 1.165) is 24.9 Å². The number of nitriles is 1. The van der Waals surface area contributed by atoms with E-state index in [4.69, 9.17) is 14.5 Å². The van der Waals surface area contributed by atoms with Gasteiger partial charge in [-0.25, -0.2) is 9.37 Å². The van der Waals surface area contributed by atoms with Crippen LogP contribution in [0.4, 0.5) is 4.39 Å². The molecule has 0 aliphatic carbocycles. The summed E-state index contributed by atoms with van der Waals surface area (Å²) in [6.07, 6.45) is 1.74. The number of halogens is 1. The Bertz CT molecular complexity index is 1520. The first kappa shape index (κ1) is 22.6. The largest absolute Gasteiger partial charge is 0.497 e. The third-order valence-corrected chi connectivity index (χ3v) is 6.29. The molecule has 1 atom stereocenters. The quantitative estimate of drug-likeness (QED) is 0.462. The van der Waals surface area contributed by atoms with Crippen LogP contribution < -0.4 is 20.3 Å².